The summed E-state index contributed by atoms with van der Waals surface area (Å²) in [7, 11) is 1.49. The van der Waals surface area contributed by atoms with Crippen LogP contribution in [0.5, 0.6) is 11.6 Å². The number of nitrogens with one attached hydrogen (secondary N) is 1. The third-order valence-electron chi connectivity index (χ3n) is 2.04. The van der Waals surface area contributed by atoms with Crippen molar-refractivity contribution < 1.29 is 13.9 Å². The van der Waals surface area contributed by atoms with Gasteiger partial charge >= 0.3 is 0 Å². The average molecular weight is 236 g/mol. The number of nitrogen functional groups attached to an aromatic ring is 1. The quantitative estimate of drug-likeness (QED) is 0.589. The van der Waals surface area contributed by atoms with E-state index in [0.29, 0.717) is 23.2 Å². The molecule has 2 aromatic rings. The van der Waals surface area contributed by atoms with Crippen molar-refractivity contribution in [2.75, 3.05) is 12.5 Å². The van der Waals surface area contributed by atoms with E-state index in [1.54, 1.807) is 18.4 Å². The molecule has 0 radical (unpaired) electrons. The Morgan fingerprint density at radius 1 is 1.47 bits per heavy atom. The van der Waals surface area contributed by atoms with Gasteiger partial charge in [0.2, 0.25) is 5.75 Å². The molecule has 2 rings (SSSR count). The lowest BCUT2D eigenvalue weighted by Gasteiger charge is -2.10. The molecule has 0 atom stereocenters. The number of hydrogen-bond donors (Lipinski definition) is 2. The van der Waals surface area contributed by atoms with Crippen LogP contribution in [-0.4, -0.2) is 17.1 Å². The molecule has 0 aliphatic rings. The summed E-state index contributed by atoms with van der Waals surface area (Å²) >= 11 is 0. The van der Waals surface area contributed by atoms with Crippen LogP contribution < -0.4 is 20.7 Å². The summed E-state index contributed by atoms with van der Waals surface area (Å²) in [6.07, 6.45) is 2.90. The van der Waals surface area contributed by atoms with Crippen LogP contribution in [-0.2, 0) is 6.61 Å². The normalized spacial score (nSPS) is 10.0. The van der Waals surface area contributed by atoms with E-state index in [-0.39, 0.29) is 6.61 Å². The molecule has 0 saturated carbocycles. The van der Waals surface area contributed by atoms with Crippen molar-refractivity contribution in [3.05, 3.63) is 30.5 Å². The molecule has 0 amide bonds. The van der Waals surface area contributed by atoms with Gasteiger partial charge in [0.05, 0.1) is 13.4 Å². The molecule has 7 nitrogen and oxygen atoms in total. The fraction of sp³-hybridized carbons (Fsp3) is 0.200. The number of nitrogens with zero attached hydrogens (tertiary/aromatic N) is 2. The number of hydrazine groups is 1. The van der Waals surface area contributed by atoms with E-state index in [9.17, 15) is 0 Å². The Hall–Kier alpha value is -2.28. The zero-order valence-electron chi connectivity index (χ0n) is 9.21. The van der Waals surface area contributed by atoms with Crippen LogP contribution in [0.2, 0.25) is 0 Å². The highest BCUT2D eigenvalue weighted by atomic mass is 16.5. The SMILES string of the molecule is COc1c(NN)ncnc1OCc1ccco1. The molecule has 0 aliphatic heterocycles. The lowest BCUT2D eigenvalue weighted by molar-refractivity contribution is 0.245. The minimum absolute atomic E-state index is 0.254. The molecule has 0 aliphatic carbocycles. The molecule has 0 fully saturated rings. The molecule has 0 bridgehead atoms. The Kier molecular flexibility index (Phi) is 3.41. The molecule has 0 saturated heterocycles. The molecule has 3 N–H and O–H groups in total. The predicted molar refractivity (Wildman–Crippen MR) is 59.4 cm³/mol. The first-order chi connectivity index (χ1) is 8.35. The second kappa shape index (κ2) is 5.17. The Morgan fingerprint density at radius 2 is 2.35 bits per heavy atom. The number of aromatic nitrogens is 2. The van der Waals surface area contributed by atoms with E-state index in [1.165, 1.54) is 13.4 Å². The maximum absolute atomic E-state index is 5.45. The second-order valence-corrected chi connectivity index (χ2v) is 3.07. The number of ether oxygens (including phenoxy) is 2. The summed E-state index contributed by atoms with van der Waals surface area (Å²) in [6, 6.07) is 3.58. The molecule has 2 heterocycles. The van der Waals surface area contributed by atoms with E-state index < -0.39 is 0 Å². The van der Waals surface area contributed by atoms with Gasteiger partial charge in [0, 0.05) is 0 Å². The van der Waals surface area contributed by atoms with Crippen LogP contribution in [0, 0.1) is 0 Å². The van der Waals surface area contributed by atoms with Crippen molar-refractivity contribution in [3.8, 4) is 11.6 Å². The molecule has 0 unspecified atom stereocenters. The fourth-order valence-corrected chi connectivity index (χ4v) is 1.28. The van der Waals surface area contributed by atoms with Gasteiger partial charge in [-0.3, -0.25) is 0 Å². The monoisotopic (exact) mass is 236 g/mol. The zero-order chi connectivity index (χ0) is 12.1. The summed E-state index contributed by atoms with van der Waals surface area (Å²) < 4.78 is 15.7. The predicted octanol–water partition coefficient (Wildman–Crippen LogP) is 0.943. The summed E-state index contributed by atoms with van der Waals surface area (Å²) in [6.45, 7) is 0.254. The Morgan fingerprint density at radius 3 is 3.00 bits per heavy atom. The Labute approximate surface area is 97.5 Å². The van der Waals surface area contributed by atoms with Gasteiger partial charge in [-0.15, -0.1) is 0 Å². The van der Waals surface area contributed by atoms with Crippen LogP contribution in [0.3, 0.4) is 0 Å². The van der Waals surface area contributed by atoms with Crippen molar-refractivity contribution in [1.29, 1.82) is 0 Å². The van der Waals surface area contributed by atoms with E-state index in [1.807, 2.05) is 0 Å². The highest BCUT2D eigenvalue weighted by Crippen LogP contribution is 2.30. The summed E-state index contributed by atoms with van der Waals surface area (Å²) in [5, 5.41) is 0. The minimum Gasteiger partial charge on any atom is -0.489 e. The number of hydrogen-bond acceptors (Lipinski definition) is 7. The lowest BCUT2D eigenvalue weighted by atomic mass is 10.4. The third kappa shape index (κ3) is 2.45. The van der Waals surface area contributed by atoms with Crippen molar-refractivity contribution in [1.82, 2.24) is 9.97 Å². The van der Waals surface area contributed by atoms with Gasteiger partial charge in [-0.2, -0.15) is 4.98 Å². The standard InChI is InChI=1S/C10H12N4O3/c1-15-8-9(14-11)12-6-13-10(8)17-5-7-3-2-4-16-7/h2-4,6H,5,11H2,1H3,(H,12,13,14). The number of furan rings is 1. The summed E-state index contributed by atoms with van der Waals surface area (Å²) in [4.78, 5) is 7.86. The highest BCUT2D eigenvalue weighted by molar-refractivity contribution is 5.54. The molecular formula is C10H12N4O3. The topological polar surface area (TPSA) is 95.4 Å². The summed E-state index contributed by atoms with van der Waals surface area (Å²) in [5.74, 6) is 6.98. The highest BCUT2D eigenvalue weighted by Gasteiger charge is 2.13. The first kappa shape index (κ1) is 11.2. The molecule has 17 heavy (non-hydrogen) atoms. The maximum atomic E-state index is 5.45. The first-order valence-electron chi connectivity index (χ1n) is 4.86. The molecule has 7 heteroatoms. The van der Waals surface area contributed by atoms with Crippen LogP contribution >= 0.6 is 0 Å². The molecule has 90 valence electrons. The van der Waals surface area contributed by atoms with Crippen molar-refractivity contribution in [2.45, 2.75) is 6.61 Å². The number of rotatable bonds is 5. The smallest absolute Gasteiger partial charge is 0.263 e. The van der Waals surface area contributed by atoms with E-state index >= 15 is 0 Å². The molecule has 2 aromatic heterocycles. The van der Waals surface area contributed by atoms with Gasteiger partial charge in [0.25, 0.3) is 5.88 Å². The van der Waals surface area contributed by atoms with Crippen LogP contribution in [0.25, 0.3) is 0 Å². The van der Waals surface area contributed by atoms with Gasteiger partial charge in [0.15, 0.2) is 5.82 Å². The van der Waals surface area contributed by atoms with Crippen molar-refractivity contribution in [3.63, 3.8) is 0 Å². The lowest BCUT2D eigenvalue weighted by Crippen LogP contribution is -2.11. The van der Waals surface area contributed by atoms with Crippen LogP contribution in [0.4, 0.5) is 5.82 Å². The van der Waals surface area contributed by atoms with E-state index in [0.717, 1.165) is 0 Å². The van der Waals surface area contributed by atoms with Gasteiger partial charge in [-0.25, -0.2) is 10.8 Å². The van der Waals surface area contributed by atoms with Crippen LogP contribution in [0.15, 0.2) is 29.1 Å². The second-order valence-electron chi connectivity index (χ2n) is 3.07. The van der Waals surface area contributed by atoms with Gasteiger partial charge in [-0.1, -0.05) is 0 Å². The van der Waals surface area contributed by atoms with E-state index in [4.69, 9.17) is 19.7 Å². The zero-order valence-corrected chi connectivity index (χ0v) is 9.21. The maximum Gasteiger partial charge on any atom is 0.263 e. The minimum atomic E-state index is 0.254. The van der Waals surface area contributed by atoms with Crippen molar-refractivity contribution >= 4 is 5.82 Å². The van der Waals surface area contributed by atoms with Gasteiger partial charge in [0.1, 0.15) is 18.7 Å². The Balaban J connectivity index is 2.14. The molecule has 0 spiro atoms. The largest absolute Gasteiger partial charge is 0.489 e. The van der Waals surface area contributed by atoms with Crippen molar-refractivity contribution in [2.24, 2.45) is 5.84 Å². The molecule has 0 aromatic carbocycles. The third-order valence-corrected chi connectivity index (χ3v) is 2.04. The number of nitrogens with two attached hydrogens (primary N) is 1. The summed E-state index contributed by atoms with van der Waals surface area (Å²) in [5.41, 5.74) is 2.40. The first-order valence-corrected chi connectivity index (χ1v) is 4.86. The van der Waals surface area contributed by atoms with Gasteiger partial charge < -0.3 is 19.3 Å². The molecular weight excluding hydrogens is 224 g/mol. The average Bonchev–Trinajstić information content (AvgIpc) is 2.88. The Bertz CT molecular complexity index is 472. The van der Waals surface area contributed by atoms with Crippen LogP contribution in [0.1, 0.15) is 5.76 Å². The fourth-order valence-electron chi connectivity index (χ4n) is 1.28. The van der Waals surface area contributed by atoms with Gasteiger partial charge in [-0.05, 0) is 12.1 Å². The number of anilines is 1. The number of methoxy groups -OCH3 is 1. The van der Waals surface area contributed by atoms with E-state index in [2.05, 4.69) is 15.4 Å².